The minimum Gasteiger partial charge on any atom is -0.304 e. The number of halogens is 2. The Labute approximate surface area is 79.9 Å². The second-order valence-corrected chi connectivity index (χ2v) is 3.28. The van der Waals surface area contributed by atoms with Crippen LogP contribution in [0.15, 0.2) is 12.1 Å². The molecule has 14 heavy (non-hydrogen) atoms. The van der Waals surface area contributed by atoms with Gasteiger partial charge in [-0.25, -0.2) is 8.78 Å². The van der Waals surface area contributed by atoms with Crippen molar-refractivity contribution < 1.29 is 13.6 Å². The molecule has 0 spiro atoms. The Hall–Kier alpha value is -1.29. The van der Waals surface area contributed by atoms with Gasteiger partial charge in [0.1, 0.15) is 17.9 Å². The lowest BCUT2D eigenvalue weighted by atomic mass is 9.94. The van der Waals surface area contributed by atoms with Crippen LogP contribution >= 0.6 is 0 Å². The molecule has 4 heteroatoms. The summed E-state index contributed by atoms with van der Waals surface area (Å²) in [6.07, 6.45) is 1.19. The number of aldehydes is 1. The predicted octanol–water partition coefficient (Wildman–Crippen LogP) is 1.35. The highest BCUT2D eigenvalue weighted by atomic mass is 19.1. The Balaban J connectivity index is 2.56. The van der Waals surface area contributed by atoms with Gasteiger partial charge in [-0.2, -0.15) is 0 Å². The van der Waals surface area contributed by atoms with Crippen molar-refractivity contribution in [3.63, 3.8) is 0 Å². The van der Waals surface area contributed by atoms with Crippen LogP contribution < -0.4 is 5.32 Å². The lowest BCUT2D eigenvalue weighted by molar-refractivity contribution is -0.109. The summed E-state index contributed by atoms with van der Waals surface area (Å²) < 4.78 is 26.2. The molecule has 1 aromatic rings. The highest BCUT2D eigenvalue weighted by molar-refractivity contribution is 5.63. The molecule has 1 aromatic carbocycles. The van der Waals surface area contributed by atoms with Gasteiger partial charge in [0.15, 0.2) is 0 Å². The van der Waals surface area contributed by atoms with Gasteiger partial charge in [-0.3, -0.25) is 0 Å². The van der Waals surface area contributed by atoms with E-state index in [1.54, 1.807) is 0 Å². The van der Waals surface area contributed by atoms with Crippen molar-refractivity contribution in [2.24, 2.45) is 0 Å². The molecule has 0 aliphatic carbocycles. The Kier molecular flexibility index (Phi) is 2.29. The van der Waals surface area contributed by atoms with Crippen molar-refractivity contribution in [1.29, 1.82) is 0 Å². The van der Waals surface area contributed by atoms with Gasteiger partial charge in [-0.15, -0.1) is 0 Å². The SMILES string of the molecule is O=CC1NCCc2cc(F)cc(F)c21. The van der Waals surface area contributed by atoms with Crippen LogP contribution in [0.3, 0.4) is 0 Å². The number of carbonyl (C=O) groups is 1. The van der Waals surface area contributed by atoms with Crippen LogP contribution in [0.5, 0.6) is 0 Å². The third kappa shape index (κ3) is 1.42. The zero-order valence-electron chi connectivity index (χ0n) is 7.39. The third-order valence-electron chi connectivity index (χ3n) is 2.39. The molecule has 2 nitrogen and oxygen atoms in total. The highest BCUT2D eigenvalue weighted by Gasteiger charge is 2.23. The maximum absolute atomic E-state index is 13.3. The number of nitrogens with one attached hydrogen (secondary N) is 1. The molecule has 0 fully saturated rings. The minimum absolute atomic E-state index is 0.285. The van der Waals surface area contributed by atoms with Gasteiger partial charge in [0.25, 0.3) is 0 Å². The van der Waals surface area contributed by atoms with E-state index in [4.69, 9.17) is 0 Å². The Morgan fingerprint density at radius 2 is 2.21 bits per heavy atom. The maximum atomic E-state index is 13.3. The average Bonchev–Trinajstić information content (AvgIpc) is 2.16. The summed E-state index contributed by atoms with van der Waals surface area (Å²) in [4.78, 5) is 10.6. The van der Waals surface area contributed by atoms with E-state index in [0.29, 0.717) is 24.8 Å². The van der Waals surface area contributed by atoms with Crippen LogP contribution in [0, 0.1) is 11.6 Å². The second-order valence-electron chi connectivity index (χ2n) is 3.28. The predicted molar refractivity (Wildman–Crippen MR) is 46.9 cm³/mol. The van der Waals surface area contributed by atoms with E-state index in [0.717, 1.165) is 6.07 Å². The summed E-state index contributed by atoms with van der Waals surface area (Å²) in [5.41, 5.74) is 0.867. The van der Waals surface area contributed by atoms with Crippen molar-refractivity contribution in [2.45, 2.75) is 12.5 Å². The summed E-state index contributed by atoms with van der Waals surface area (Å²) in [5.74, 6) is -1.24. The van der Waals surface area contributed by atoms with E-state index in [1.807, 2.05) is 0 Å². The fourth-order valence-electron chi connectivity index (χ4n) is 1.77. The van der Waals surface area contributed by atoms with Gasteiger partial charge in [0.2, 0.25) is 0 Å². The summed E-state index contributed by atoms with van der Waals surface area (Å²) in [5, 5.41) is 2.85. The van der Waals surface area contributed by atoms with Gasteiger partial charge in [-0.1, -0.05) is 0 Å². The molecular weight excluding hydrogens is 188 g/mol. The van der Waals surface area contributed by atoms with Crippen molar-refractivity contribution in [1.82, 2.24) is 5.32 Å². The molecule has 1 aliphatic heterocycles. The van der Waals surface area contributed by atoms with Crippen LogP contribution in [-0.2, 0) is 11.2 Å². The monoisotopic (exact) mass is 197 g/mol. The van der Waals surface area contributed by atoms with Gasteiger partial charge in [-0.05, 0) is 18.1 Å². The van der Waals surface area contributed by atoms with Crippen LogP contribution in [-0.4, -0.2) is 12.8 Å². The molecule has 1 atom stereocenters. The molecular formula is C10H9F2NO. The summed E-state index contributed by atoms with van der Waals surface area (Å²) in [6, 6.07) is 1.46. The fraction of sp³-hybridized carbons (Fsp3) is 0.300. The topological polar surface area (TPSA) is 29.1 Å². The van der Waals surface area contributed by atoms with Crippen LogP contribution in [0.2, 0.25) is 0 Å². The molecule has 0 radical (unpaired) electrons. The van der Waals surface area contributed by atoms with E-state index in [2.05, 4.69) is 5.32 Å². The van der Waals surface area contributed by atoms with E-state index in [9.17, 15) is 13.6 Å². The van der Waals surface area contributed by atoms with E-state index < -0.39 is 17.7 Å². The minimum atomic E-state index is -0.649. The summed E-state index contributed by atoms with van der Waals surface area (Å²) in [7, 11) is 0. The molecule has 0 aromatic heterocycles. The summed E-state index contributed by atoms with van der Waals surface area (Å²) in [6.45, 7) is 0.569. The average molecular weight is 197 g/mol. The van der Waals surface area contributed by atoms with Crippen LogP contribution in [0.4, 0.5) is 8.78 Å². The Morgan fingerprint density at radius 1 is 1.43 bits per heavy atom. The number of hydrogen-bond donors (Lipinski definition) is 1. The lowest BCUT2D eigenvalue weighted by Gasteiger charge is -2.23. The molecule has 0 saturated heterocycles. The zero-order valence-corrected chi connectivity index (χ0v) is 7.39. The molecule has 1 aliphatic rings. The van der Waals surface area contributed by atoms with Crippen molar-refractivity contribution in [2.75, 3.05) is 6.54 Å². The van der Waals surface area contributed by atoms with E-state index in [1.165, 1.54) is 6.07 Å². The largest absolute Gasteiger partial charge is 0.304 e. The third-order valence-corrected chi connectivity index (χ3v) is 2.39. The van der Waals surface area contributed by atoms with Crippen LogP contribution in [0.1, 0.15) is 17.2 Å². The van der Waals surface area contributed by atoms with Gasteiger partial charge < -0.3 is 10.1 Å². The molecule has 0 bridgehead atoms. The number of rotatable bonds is 1. The standard InChI is InChI=1S/C10H9F2NO/c11-7-3-6-1-2-13-9(5-14)10(6)8(12)4-7/h3-5,9,13H,1-2H2. The molecule has 2 rings (SSSR count). The molecule has 1 N–H and O–H groups in total. The molecule has 1 unspecified atom stereocenters. The first kappa shape index (κ1) is 9.27. The number of fused-ring (bicyclic) bond motifs is 1. The lowest BCUT2D eigenvalue weighted by Crippen LogP contribution is -2.31. The Morgan fingerprint density at radius 3 is 2.93 bits per heavy atom. The van der Waals surface area contributed by atoms with Crippen molar-refractivity contribution in [3.8, 4) is 0 Å². The molecule has 0 saturated carbocycles. The smallest absolute Gasteiger partial charge is 0.141 e. The van der Waals surface area contributed by atoms with Crippen molar-refractivity contribution >= 4 is 6.29 Å². The molecule has 0 amide bonds. The van der Waals surface area contributed by atoms with E-state index in [-0.39, 0.29) is 5.56 Å². The quantitative estimate of drug-likeness (QED) is 0.688. The zero-order chi connectivity index (χ0) is 10.1. The first-order valence-corrected chi connectivity index (χ1v) is 4.39. The normalized spacial score (nSPS) is 20.3. The van der Waals surface area contributed by atoms with Gasteiger partial charge in [0.05, 0.1) is 6.04 Å². The first-order chi connectivity index (χ1) is 6.72. The first-order valence-electron chi connectivity index (χ1n) is 4.39. The highest BCUT2D eigenvalue weighted by Crippen LogP contribution is 2.25. The van der Waals surface area contributed by atoms with E-state index >= 15 is 0 Å². The van der Waals surface area contributed by atoms with Gasteiger partial charge >= 0.3 is 0 Å². The van der Waals surface area contributed by atoms with Crippen LogP contribution in [0.25, 0.3) is 0 Å². The summed E-state index contributed by atoms with van der Waals surface area (Å²) >= 11 is 0. The Bertz CT molecular complexity index is 379. The second kappa shape index (κ2) is 3.46. The van der Waals surface area contributed by atoms with Gasteiger partial charge in [0, 0.05) is 18.2 Å². The number of benzene rings is 1. The maximum Gasteiger partial charge on any atom is 0.141 e. The number of hydrogen-bond acceptors (Lipinski definition) is 2. The fourth-order valence-corrected chi connectivity index (χ4v) is 1.77. The van der Waals surface area contributed by atoms with Crippen molar-refractivity contribution in [3.05, 3.63) is 34.9 Å². The number of carbonyl (C=O) groups excluding carboxylic acids is 1. The molecule has 74 valence electrons. The molecule has 1 heterocycles.